The number of amides is 1. The second-order valence-electron chi connectivity index (χ2n) is 8.27. The van der Waals surface area contributed by atoms with E-state index in [1.165, 1.54) is 17.7 Å². The number of aryl methyl sites for hydroxylation is 1. The molecule has 0 aliphatic carbocycles. The molecule has 3 heterocycles. The van der Waals surface area contributed by atoms with Crippen LogP contribution in [0.15, 0.2) is 36.5 Å². The molecule has 0 spiro atoms. The van der Waals surface area contributed by atoms with E-state index in [4.69, 9.17) is 0 Å². The predicted molar refractivity (Wildman–Crippen MR) is 113 cm³/mol. The third-order valence-corrected chi connectivity index (χ3v) is 6.42. The van der Waals surface area contributed by atoms with Gasteiger partial charge in [0, 0.05) is 37.0 Å². The lowest BCUT2D eigenvalue weighted by Gasteiger charge is -2.25. The summed E-state index contributed by atoms with van der Waals surface area (Å²) in [6.45, 7) is 4.01. The summed E-state index contributed by atoms with van der Waals surface area (Å²) in [6, 6.07) is 9.29. The molecule has 2 saturated heterocycles. The van der Waals surface area contributed by atoms with Crippen molar-refractivity contribution in [1.82, 2.24) is 15.1 Å². The number of halogens is 1. The maximum atomic E-state index is 14.3. The van der Waals surface area contributed by atoms with Gasteiger partial charge in [-0.05, 0) is 73.7 Å². The summed E-state index contributed by atoms with van der Waals surface area (Å²) < 4.78 is 16.1. The van der Waals surface area contributed by atoms with Crippen molar-refractivity contribution < 1.29 is 9.18 Å². The van der Waals surface area contributed by atoms with Crippen LogP contribution in [0.1, 0.15) is 37.7 Å². The van der Waals surface area contributed by atoms with Crippen LogP contribution in [0.4, 0.5) is 10.1 Å². The Balaban J connectivity index is 1.75. The van der Waals surface area contributed by atoms with Crippen molar-refractivity contribution in [1.29, 1.82) is 0 Å². The van der Waals surface area contributed by atoms with Gasteiger partial charge in [-0.3, -0.25) is 9.48 Å². The number of benzene rings is 2. The first-order valence-electron chi connectivity index (χ1n) is 10.3. The fraction of sp³-hybridized carbons (Fsp3) is 0.391. The summed E-state index contributed by atoms with van der Waals surface area (Å²) in [4.78, 5) is 14.4. The summed E-state index contributed by atoms with van der Waals surface area (Å²) in [5.41, 5.74) is 4.88. The Labute approximate surface area is 169 Å². The molecule has 0 bridgehead atoms. The molecule has 1 amide bonds. The number of hydrogen-bond donors (Lipinski definition) is 1. The summed E-state index contributed by atoms with van der Waals surface area (Å²) in [5.74, 6) is 0.182. The van der Waals surface area contributed by atoms with Crippen molar-refractivity contribution in [2.24, 2.45) is 7.05 Å². The van der Waals surface area contributed by atoms with Crippen molar-refractivity contribution in [3.8, 4) is 11.1 Å². The third-order valence-electron chi connectivity index (χ3n) is 6.42. The van der Waals surface area contributed by atoms with Gasteiger partial charge in [0.15, 0.2) is 0 Å². The van der Waals surface area contributed by atoms with Gasteiger partial charge in [-0.2, -0.15) is 5.10 Å². The Hall–Kier alpha value is -2.73. The van der Waals surface area contributed by atoms with E-state index >= 15 is 0 Å². The van der Waals surface area contributed by atoms with E-state index in [9.17, 15) is 9.18 Å². The average Bonchev–Trinajstić information content (AvgIpc) is 3.43. The van der Waals surface area contributed by atoms with Gasteiger partial charge in [0.05, 0.1) is 17.4 Å². The van der Waals surface area contributed by atoms with E-state index in [-0.39, 0.29) is 17.8 Å². The van der Waals surface area contributed by atoms with Crippen LogP contribution >= 0.6 is 0 Å². The lowest BCUT2D eigenvalue weighted by atomic mass is 9.91. The molecule has 29 heavy (non-hydrogen) atoms. The van der Waals surface area contributed by atoms with Crippen LogP contribution in [0.25, 0.3) is 22.0 Å². The maximum Gasteiger partial charge on any atom is 0.227 e. The van der Waals surface area contributed by atoms with Gasteiger partial charge in [-0.15, -0.1) is 0 Å². The fourth-order valence-electron chi connectivity index (χ4n) is 4.80. The molecular formula is C23H25FN4O. The lowest BCUT2D eigenvalue weighted by molar-refractivity contribution is -0.117. The molecule has 3 aromatic rings. The topological polar surface area (TPSA) is 50.2 Å². The zero-order valence-electron chi connectivity index (χ0n) is 16.8. The molecule has 2 unspecified atom stereocenters. The zero-order valence-corrected chi connectivity index (χ0v) is 16.8. The normalized spacial score (nSPS) is 22.2. The van der Waals surface area contributed by atoms with Gasteiger partial charge in [-0.25, -0.2) is 4.39 Å². The minimum atomic E-state index is -0.325. The van der Waals surface area contributed by atoms with E-state index in [1.807, 2.05) is 24.9 Å². The number of hydrogen-bond acceptors (Lipinski definition) is 3. The highest BCUT2D eigenvalue weighted by atomic mass is 19.1. The van der Waals surface area contributed by atoms with Gasteiger partial charge in [0.25, 0.3) is 0 Å². The van der Waals surface area contributed by atoms with Crippen LogP contribution in [0, 0.1) is 5.82 Å². The second-order valence-corrected chi connectivity index (χ2v) is 8.27. The van der Waals surface area contributed by atoms with E-state index < -0.39 is 0 Å². The molecule has 6 heteroatoms. The number of rotatable bonds is 3. The molecule has 150 valence electrons. The van der Waals surface area contributed by atoms with Crippen LogP contribution < -0.4 is 10.2 Å². The van der Waals surface area contributed by atoms with E-state index in [0.29, 0.717) is 18.0 Å². The Kier molecular flexibility index (Phi) is 4.39. The molecule has 1 N–H and O–H groups in total. The van der Waals surface area contributed by atoms with E-state index in [1.54, 1.807) is 11.0 Å². The number of aromatic nitrogens is 2. The zero-order chi connectivity index (χ0) is 20.1. The first-order valence-corrected chi connectivity index (χ1v) is 10.3. The number of nitrogens with one attached hydrogen (secondary N) is 1. The number of carbonyl (C=O) groups excluding carboxylic acids is 1. The highest BCUT2D eigenvalue weighted by Gasteiger charge is 2.31. The van der Waals surface area contributed by atoms with Crippen LogP contribution in [-0.4, -0.2) is 34.8 Å². The Bertz CT molecular complexity index is 1100. The molecule has 0 radical (unpaired) electrons. The van der Waals surface area contributed by atoms with Gasteiger partial charge >= 0.3 is 0 Å². The van der Waals surface area contributed by atoms with Crippen molar-refractivity contribution in [3.05, 3.63) is 47.9 Å². The van der Waals surface area contributed by atoms with Crippen molar-refractivity contribution in [3.63, 3.8) is 0 Å². The van der Waals surface area contributed by atoms with Gasteiger partial charge in [0.2, 0.25) is 5.91 Å². The molecule has 5 rings (SSSR count). The van der Waals surface area contributed by atoms with Crippen molar-refractivity contribution >= 4 is 22.5 Å². The van der Waals surface area contributed by atoms with Crippen LogP contribution in [-0.2, 0) is 11.8 Å². The van der Waals surface area contributed by atoms with Crippen LogP contribution in [0.2, 0.25) is 0 Å². The number of fused-ring (bicyclic) bond motifs is 1. The highest BCUT2D eigenvalue weighted by Crippen LogP contribution is 2.41. The molecule has 2 aliphatic rings. The Morgan fingerprint density at radius 1 is 1.17 bits per heavy atom. The van der Waals surface area contributed by atoms with Gasteiger partial charge in [-0.1, -0.05) is 0 Å². The van der Waals surface area contributed by atoms with Crippen molar-refractivity contribution in [2.45, 2.75) is 38.1 Å². The van der Waals surface area contributed by atoms with Crippen LogP contribution in [0.5, 0.6) is 0 Å². The summed E-state index contributed by atoms with van der Waals surface area (Å²) in [6.07, 6.45) is 4.27. The molecular weight excluding hydrogens is 367 g/mol. The standard InChI is InChI=1S/C23H25FN4O/c1-14-3-6-23(29)28(14)22-11-17(24)4-5-18(22)19-9-16(15-7-8-25-12-15)10-21-20(19)13-26-27(21)2/h4-5,9-11,13-15,25H,3,6-8,12H2,1-2H3. The SMILES string of the molecule is CC1CCC(=O)N1c1cc(F)ccc1-c1cc(C2CCNC2)cc2c1cnn2C. The second kappa shape index (κ2) is 6.95. The maximum absolute atomic E-state index is 14.3. The summed E-state index contributed by atoms with van der Waals surface area (Å²) >= 11 is 0. The molecule has 2 aliphatic heterocycles. The molecule has 2 atom stereocenters. The molecule has 2 fully saturated rings. The quantitative estimate of drug-likeness (QED) is 0.734. The Morgan fingerprint density at radius 3 is 2.76 bits per heavy atom. The predicted octanol–water partition coefficient (Wildman–Crippen LogP) is 3.97. The molecule has 2 aromatic carbocycles. The first kappa shape index (κ1) is 18.3. The van der Waals surface area contributed by atoms with Crippen molar-refractivity contribution in [2.75, 3.05) is 18.0 Å². The van der Waals surface area contributed by atoms with Gasteiger partial charge in [0.1, 0.15) is 5.82 Å². The average molecular weight is 392 g/mol. The number of carbonyl (C=O) groups is 1. The minimum Gasteiger partial charge on any atom is -0.316 e. The highest BCUT2D eigenvalue weighted by molar-refractivity contribution is 6.04. The molecule has 1 aromatic heterocycles. The largest absolute Gasteiger partial charge is 0.316 e. The monoisotopic (exact) mass is 392 g/mol. The number of anilines is 1. The molecule has 0 saturated carbocycles. The fourth-order valence-corrected chi connectivity index (χ4v) is 4.80. The summed E-state index contributed by atoms with van der Waals surface area (Å²) in [7, 11) is 1.94. The minimum absolute atomic E-state index is 0.0583. The molecule has 5 nitrogen and oxygen atoms in total. The van der Waals surface area contributed by atoms with E-state index in [0.717, 1.165) is 48.0 Å². The third kappa shape index (κ3) is 3.02. The van der Waals surface area contributed by atoms with Crippen LogP contribution in [0.3, 0.4) is 0 Å². The van der Waals surface area contributed by atoms with Gasteiger partial charge < -0.3 is 10.2 Å². The number of nitrogens with zero attached hydrogens (tertiary/aromatic N) is 3. The Morgan fingerprint density at radius 2 is 2.03 bits per heavy atom. The van der Waals surface area contributed by atoms with E-state index in [2.05, 4.69) is 22.5 Å². The first-order chi connectivity index (χ1) is 14.0. The lowest BCUT2D eigenvalue weighted by Crippen LogP contribution is -2.31. The summed E-state index contributed by atoms with van der Waals surface area (Å²) in [5, 5.41) is 8.93. The smallest absolute Gasteiger partial charge is 0.227 e.